The molecule has 3 aromatic rings. The molecular formula is C33H35N3O8S. The predicted octanol–water partition coefficient (Wildman–Crippen LogP) is 5.04. The lowest BCUT2D eigenvalue weighted by Gasteiger charge is -2.32. The fraction of sp³-hybridized carbons (Fsp3) is 0.303. The number of hydrogen-bond acceptors (Lipinski definition) is 10. The lowest BCUT2D eigenvalue weighted by Crippen LogP contribution is -2.37. The minimum Gasteiger partial charge on any atom is -0.468 e. The van der Waals surface area contributed by atoms with Crippen molar-refractivity contribution in [2.75, 3.05) is 27.0 Å². The summed E-state index contributed by atoms with van der Waals surface area (Å²) in [7, 11) is -0.362. The number of carbonyl (C=O) groups excluding carboxylic acids is 2. The van der Waals surface area contributed by atoms with E-state index in [0.717, 1.165) is 11.8 Å². The molecule has 0 saturated heterocycles. The van der Waals surface area contributed by atoms with E-state index in [9.17, 15) is 28.1 Å². The highest BCUT2D eigenvalue weighted by molar-refractivity contribution is 7.90. The number of rotatable bonds is 11. The van der Waals surface area contributed by atoms with Gasteiger partial charge in [0.25, 0.3) is 5.69 Å². The van der Waals surface area contributed by atoms with Gasteiger partial charge in [-0.2, -0.15) is 0 Å². The lowest BCUT2D eigenvalue weighted by atomic mass is 9.75. The van der Waals surface area contributed by atoms with Gasteiger partial charge in [0.15, 0.2) is 9.84 Å². The molecule has 11 nitrogen and oxygen atoms in total. The Labute approximate surface area is 262 Å². The summed E-state index contributed by atoms with van der Waals surface area (Å²) in [5, 5.41) is 11.6. The molecule has 1 aliphatic heterocycles. The molecule has 0 amide bonds. The Morgan fingerprint density at radius 2 is 1.69 bits per heavy atom. The molecule has 0 bridgehead atoms. The van der Waals surface area contributed by atoms with Crippen molar-refractivity contribution in [3.05, 3.63) is 117 Å². The van der Waals surface area contributed by atoms with E-state index in [0.29, 0.717) is 29.1 Å². The van der Waals surface area contributed by atoms with Crippen molar-refractivity contribution in [1.82, 2.24) is 4.90 Å². The first-order valence-corrected chi connectivity index (χ1v) is 16.0. The molecule has 4 rings (SSSR count). The van der Waals surface area contributed by atoms with Gasteiger partial charge >= 0.3 is 11.9 Å². The smallest absolute Gasteiger partial charge is 0.337 e. The molecule has 0 fully saturated rings. The summed E-state index contributed by atoms with van der Waals surface area (Å²) in [6.45, 7) is 4.05. The van der Waals surface area contributed by atoms with Crippen LogP contribution in [0.4, 0.5) is 5.69 Å². The van der Waals surface area contributed by atoms with Crippen LogP contribution in [0.2, 0.25) is 0 Å². The third kappa shape index (κ3) is 7.89. The Balaban J connectivity index is 1.76. The minimum atomic E-state index is -3.46. The topological polar surface area (TPSA) is 145 Å². The molecule has 12 heteroatoms. The number of carbonyl (C=O) groups is 2. The van der Waals surface area contributed by atoms with Crippen LogP contribution in [0.1, 0.15) is 42.6 Å². The first kappa shape index (κ1) is 33.2. The highest BCUT2D eigenvalue weighted by atomic mass is 32.2. The van der Waals surface area contributed by atoms with Gasteiger partial charge in [-0.05, 0) is 49.7 Å². The van der Waals surface area contributed by atoms with Gasteiger partial charge < -0.3 is 9.47 Å². The monoisotopic (exact) mass is 633 g/mol. The summed E-state index contributed by atoms with van der Waals surface area (Å²) >= 11 is 0. The molecule has 0 aromatic heterocycles. The van der Waals surface area contributed by atoms with Crippen LogP contribution in [0.25, 0.3) is 0 Å². The Hall–Kier alpha value is -4.68. The van der Waals surface area contributed by atoms with E-state index >= 15 is 0 Å². The van der Waals surface area contributed by atoms with Crippen molar-refractivity contribution in [1.29, 1.82) is 0 Å². The van der Waals surface area contributed by atoms with Crippen molar-refractivity contribution in [2.24, 2.45) is 10.9 Å². The zero-order valence-corrected chi connectivity index (χ0v) is 26.5. The SMILES string of the molecule is COC(=O)C1C(C)=NC(C)=C(C(=O)OC(CN(C)Cc2ccccc2)c2ccc(S(C)(=O)=O)cc2)C1c1cccc([N+](=O)[O-])c1. The van der Waals surface area contributed by atoms with Gasteiger partial charge in [-0.1, -0.05) is 54.6 Å². The van der Waals surface area contributed by atoms with Gasteiger partial charge in [-0.3, -0.25) is 24.8 Å². The summed E-state index contributed by atoms with van der Waals surface area (Å²) in [5.41, 5.74) is 2.52. The maximum atomic E-state index is 14.2. The number of nitrogens with zero attached hydrogens (tertiary/aromatic N) is 3. The van der Waals surface area contributed by atoms with E-state index in [4.69, 9.17) is 9.47 Å². The molecule has 0 spiro atoms. The Morgan fingerprint density at radius 1 is 1.02 bits per heavy atom. The minimum absolute atomic E-state index is 0.0694. The summed E-state index contributed by atoms with van der Waals surface area (Å²) < 4.78 is 35.4. The van der Waals surface area contributed by atoms with Crippen LogP contribution >= 0.6 is 0 Å². The Morgan fingerprint density at radius 3 is 2.29 bits per heavy atom. The maximum Gasteiger partial charge on any atom is 0.337 e. The van der Waals surface area contributed by atoms with Crippen LogP contribution in [0.15, 0.2) is 100 Å². The number of hydrogen-bond donors (Lipinski definition) is 0. The van der Waals surface area contributed by atoms with Gasteiger partial charge in [0.2, 0.25) is 0 Å². The Kier molecular flexibility index (Phi) is 10.3. The average Bonchev–Trinajstić information content (AvgIpc) is 3.00. The van der Waals surface area contributed by atoms with E-state index in [1.165, 1.54) is 37.4 Å². The number of allylic oxidation sites excluding steroid dienone is 1. The molecule has 1 heterocycles. The van der Waals surface area contributed by atoms with Crippen molar-refractivity contribution >= 4 is 33.2 Å². The number of benzene rings is 3. The number of nitro groups is 1. The van der Waals surface area contributed by atoms with Crippen LogP contribution in [0.3, 0.4) is 0 Å². The lowest BCUT2D eigenvalue weighted by molar-refractivity contribution is -0.384. The first-order valence-electron chi connectivity index (χ1n) is 14.1. The number of esters is 2. The van der Waals surface area contributed by atoms with Crippen molar-refractivity contribution in [2.45, 2.75) is 37.3 Å². The molecule has 45 heavy (non-hydrogen) atoms. The highest BCUT2D eigenvalue weighted by Crippen LogP contribution is 2.41. The molecule has 236 valence electrons. The average molecular weight is 634 g/mol. The quantitative estimate of drug-likeness (QED) is 0.161. The molecule has 3 aromatic carbocycles. The molecule has 3 atom stereocenters. The second kappa shape index (κ2) is 14.0. The third-order valence-corrected chi connectivity index (χ3v) is 8.77. The summed E-state index contributed by atoms with van der Waals surface area (Å²) in [6.07, 6.45) is 0.259. The van der Waals surface area contributed by atoms with Gasteiger partial charge in [-0.15, -0.1) is 0 Å². The van der Waals surface area contributed by atoms with Gasteiger partial charge in [0.1, 0.15) is 12.0 Å². The number of non-ortho nitro benzene ring substituents is 1. The highest BCUT2D eigenvalue weighted by Gasteiger charge is 2.43. The standard InChI is InChI=1S/C33H35N3O8S/c1-21-29(32(37)43-4)31(25-12-9-13-26(18-25)36(39)40)30(22(2)34-21)33(38)44-28(20-35(3)19-23-10-7-6-8-11-23)24-14-16-27(17-15-24)45(5,41)42/h6-18,28-29,31H,19-20H2,1-5H3. The fourth-order valence-electron chi connectivity index (χ4n) is 5.50. The number of nitro benzene ring substituents is 1. The number of ether oxygens (including phenoxy) is 2. The number of methoxy groups -OCH3 is 1. The van der Waals surface area contributed by atoms with E-state index in [1.807, 2.05) is 42.3 Å². The summed E-state index contributed by atoms with van der Waals surface area (Å²) in [5.74, 6) is -3.42. The van der Waals surface area contributed by atoms with Gasteiger partial charge in [-0.25, -0.2) is 13.2 Å². The zero-order chi connectivity index (χ0) is 32.9. The fourth-order valence-corrected chi connectivity index (χ4v) is 6.13. The van der Waals surface area contributed by atoms with Crippen LogP contribution in [0.5, 0.6) is 0 Å². The third-order valence-electron chi connectivity index (χ3n) is 7.65. The van der Waals surface area contributed by atoms with Crippen molar-refractivity contribution in [3.8, 4) is 0 Å². The van der Waals surface area contributed by atoms with Crippen LogP contribution in [-0.2, 0) is 35.4 Å². The van der Waals surface area contributed by atoms with Gasteiger partial charge in [0.05, 0.1) is 22.5 Å². The summed E-state index contributed by atoms with van der Waals surface area (Å²) in [6, 6.07) is 21.6. The zero-order valence-electron chi connectivity index (χ0n) is 25.7. The van der Waals surface area contributed by atoms with Crippen LogP contribution in [0, 0.1) is 16.0 Å². The molecule has 0 aliphatic carbocycles. The molecular weight excluding hydrogens is 598 g/mol. The molecule has 0 N–H and O–H groups in total. The molecule has 3 unspecified atom stereocenters. The van der Waals surface area contributed by atoms with E-state index in [1.54, 1.807) is 32.0 Å². The second-order valence-electron chi connectivity index (χ2n) is 11.0. The van der Waals surface area contributed by atoms with E-state index in [2.05, 4.69) is 4.99 Å². The van der Waals surface area contributed by atoms with Crippen LogP contribution in [-0.4, -0.2) is 62.8 Å². The summed E-state index contributed by atoms with van der Waals surface area (Å²) in [4.78, 5) is 44.9. The number of likely N-dealkylation sites (N-methyl/N-ethyl adjacent to an activating group) is 1. The maximum absolute atomic E-state index is 14.2. The predicted molar refractivity (Wildman–Crippen MR) is 168 cm³/mol. The van der Waals surface area contributed by atoms with Crippen molar-refractivity contribution < 1.29 is 32.4 Å². The number of aliphatic imine (C=N–C) groups is 1. The Bertz CT molecular complexity index is 1750. The van der Waals surface area contributed by atoms with Crippen LogP contribution < -0.4 is 0 Å². The molecule has 1 aliphatic rings. The molecule has 0 saturated carbocycles. The number of sulfone groups is 1. The first-order chi connectivity index (χ1) is 21.3. The second-order valence-corrected chi connectivity index (χ2v) is 13.0. The molecule has 0 radical (unpaired) electrons. The van der Waals surface area contributed by atoms with Gasteiger partial charge in [0, 0.05) is 48.8 Å². The van der Waals surface area contributed by atoms with Crippen molar-refractivity contribution in [3.63, 3.8) is 0 Å². The van der Waals surface area contributed by atoms with E-state index < -0.39 is 44.6 Å². The van der Waals surface area contributed by atoms with E-state index in [-0.39, 0.29) is 22.7 Å². The normalized spacial score (nSPS) is 17.4. The largest absolute Gasteiger partial charge is 0.468 e.